The molecular weight excluding hydrogens is 326 g/mol. The van der Waals surface area contributed by atoms with Crippen LogP contribution in [0.3, 0.4) is 0 Å². The van der Waals surface area contributed by atoms with Crippen LogP contribution in [0.2, 0.25) is 0 Å². The summed E-state index contributed by atoms with van der Waals surface area (Å²) in [6, 6.07) is 6.52. The number of fused-ring (bicyclic) bond motifs is 1. The molecule has 0 N–H and O–H groups in total. The minimum Gasteiger partial charge on any atom is -0.300 e. The lowest BCUT2D eigenvalue weighted by atomic mass is 10.0. The first-order valence-corrected chi connectivity index (χ1v) is 7.88. The minimum atomic E-state index is 0.517. The van der Waals surface area contributed by atoms with Crippen molar-refractivity contribution in [3.05, 3.63) is 52.0 Å². The Morgan fingerprint density at radius 1 is 1.19 bits per heavy atom. The number of hydrogen-bond donors (Lipinski definition) is 0. The smallest absolute Gasteiger partial charge is 0.148 e. The number of nitrogens with zero attached hydrogens (tertiary/aromatic N) is 3. The maximum absolute atomic E-state index is 4.60. The van der Waals surface area contributed by atoms with Crippen LogP contribution in [0.15, 0.2) is 35.1 Å². The second kappa shape index (κ2) is 5.26. The first-order chi connectivity index (χ1) is 9.97. The standard InChI is InChI=1S/C17H18BrN3/c1-10(2)13-5-6-16(15(18)7-13)21-9-11(3)14-8-19-12(4)20-17(14)21/h5-10H,1-4H3. The van der Waals surface area contributed by atoms with E-state index >= 15 is 0 Å². The van der Waals surface area contributed by atoms with E-state index in [1.165, 1.54) is 11.1 Å². The summed E-state index contributed by atoms with van der Waals surface area (Å²) >= 11 is 3.70. The molecule has 3 nitrogen and oxygen atoms in total. The molecule has 108 valence electrons. The van der Waals surface area contributed by atoms with Gasteiger partial charge >= 0.3 is 0 Å². The topological polar surface area (TPSA) is 30.7 Å². The van der Waals surface area contributed by atoms with E-state index in [1.807, 2.05) is 13.1 Å². The first-order valence-electron chi connectivity index (χ1n) is 7.08. The van der Waals surface area contributed by atoms with Crippen molar-refractivity contribution in [1.82, 2.24) is 14.5 Å². The Hall–Kier alpha value is -1.68. The predicted molar refractivity (Wildman–Crippen MR) is 90.1 cm³/mol. The van der Waals surface area contributed by atoms with Crippen molar-refractivity contribution in [1.29, 1.82) is 0 Å². The van der Waals surface area contributed by atoms with Crippen LogP contribution in [0, 0.1) is 13.8 Å². The van der Waals surface area contributed by atoms with Gasteiger partial charge in [-0.05, 0) is 59.0 Å². The van der Waals surface area contributed by atoms with Crippen molar-refractivity contribution in [2.45, 2.75) is 33.6 Å². The van der Waals surface area contributed by atoms with E-state index in [2.05, 4.69) is 75.6 Å². The molecule has 3 aromatic rings. The summed E-state index contributed by atoms with van der Waals surface area (Å²) in [4.78, 5) is 8.90. The van der Waals surface area contributed by atoms with Crippen molar-refractivity contribution in [2.24, 2.45) is 0 Å². The molecule has 4 heteroatoms. The number of hydrogen-bond acceptors (Lipinski definition) is 2. The second-order valence-electron chi connectivity index (χ2n) is 5.70. The van der Waals surface area contributed by atoms with Gasteiger partial charge in [0, 0.05) is 22.3 Å². The lowest BCUT2D eigenvalue weighted by Gasteiger charge is -2.11. The van der Waals surface area contributed by atoms with E-state index in [4.69, 9.17) is 0 Å². The number of halogens is 1. The highest BCUT2D eigenvalue weighted by molar-refractivity contribution is 9.10. The lowest BCUT2D eigenvalue weighted by molar-refractivity contribution is 0.864. The quantitative estimate of drug-likeness (QED) is 0.660. The summed E-state index contributed by atoms with van der Waals surface area (Å²) in [5.41, 5.74) is 4.57. The Morgan fingerprint density at radius 3 is 2.62 bits per heavy atom. The van der Waals surface area contributed by atoms with Crippen molar-refractivity contribution in [3.8, 4) is 5.69 Å². The highest BCUT2D eigenvalue weighted by Gasteiger charge is 2.12. The van der Waals surface area contributed by atoms with Crippen LogP contribution in [0.4, 0.5) is 0 Å². The molecular formula is C17H18BrN3. The van der Waals surface area contributed by atoms with Gasteiger partial charge in [0.25, 0.3) is 0 Å². The molecule has 0 bridgehead atoms. The van der Waals surface area contributed by atoms with Gasteiger partial charge in [-0.1, -0.05) is 19.9 Å². The molecule has 0 amide bonds. The number of aromatic nitrogens is 3. The minimum absolute atomic E-state index is 0.517. The molecule has 0 saturated carbocycles. The first kappa shape index (κ1) is 14.3. The molecule has 3 rings (SSSR count). The van der Waals surface area contributed by atoms with Gasteiger partial charge in [0.1, 0.15) is 11.5 Å². The van der Waals surface area contributed by atoms with E-state index in [1.54, 1.807) is 0 Å². The molecule has 0 unspecified atom stereocenters. The van der Waals surface area contributed by atoms with Crippen LogP contribution in [0.1, 0.15) is 36.7 Å². The third-order valence-corrected chi connectivity index (χ3v) is 4.40. The molecule has 0 spiro atoms. The van der Waals surface area contributed by atoms with Crippen LogP contribution < -0.4 is 0 Å². The number of aryl methyl sites for hydroxylation is 2. The summed E-state index contributed by atoms with van der Waals surface area (Å²) in [7, 11) is 0. The van der Waals surface area contributed by atoms with Crippen LogP contribution in [-0.2, 0) is 0 Å². The monoisotopic (exact) mass is 343 g/mol. The van der Waals surface area contributed by atoms with Gasteiger partial charge < -0.3 is 0 Å². The third-order valence-electron chi connectivity index (χ3n) is 3.76. The largest absolute Gasteiger partial charge is 0.300 e. The van der Waals surface area contributed by atoms with Gasteiger partial charge in [-0.25, -0.2) is 9.97 Å². The number of rotatable bonds is 2. The van der Waals surface area contributed by atoms with Crippen LogP contribution in [0.5, 0.6) is 0 Å². The third kappa shape index (κ3) is 2.48. The molecule has 0 saturated heterocycles. The molecule has 0 aliphatic rings. The maximum atomic E-state index is 4.60. The Kier molecular flexibility index (Phi) is 3.57. The molecule has 2 heterocycles. The summed E-state index contributed by atoms with van der Waals surface area (Å²) in [6.07, 6.45) is 4.02. The molecule has 0 aliphatic carbocycles. The Morgan fingerprint density at radius 2 is 1.95 bits per heavy atom. The van der Waals surface area contributed by atoms with E-state index in [0.717, 1.165) is 27.0 Å². The Balaban J connectivity index is 2.23. The normalized spacial score (nSPS) is 11.5. The average Bonchev–Trinajstić information content (AvgIpc) is 2.75. The van der Waals surface area contributed by atoms with Gasteiger partial charge in [0.15, 0.2) is 0 Å². The van der Waals surface area contributed by atoms with Crippen LogP contribution >= 0.6 is 15.9 Å². The van der Waals surface area contributed by atoms with E-state index in [-0.39, 0.29) is 0 Å². The predicted octanol–water partition coefficient (Wildman–Crippen LogP) is 4.92. The molecule has 2 aromatic heterocycles. The van der Waals surface area contributed by atoms with Crippen molar-refractivity contribution in [3.63, 3.8) is 0 Å². The molecule has 0 atom stereocenters. The van der Waals surface area contributed by atoms with Crippen molar-refractivity contribution in [2.75, 3.05) is 0 Å². The van der Waals surface area contributed by atoms with Gasteiger partial charge in [0.2, 0.25) is 0 Å². The number of benzene rings is 1. The average molecular weight is 344 g/mol. The molecule has 0 aliphatic heterocycles. The Bertz CT molecular complexity index is 818. The highest BCUT2D eigenvalue weighted by atomic mass is 79.9. The zero-order valence-electron chi connectivity index (χ0n) is 12.7. The SMILES string of the molecule is Cc1ncc2c(C)cn(-c3ccc(C(C)C)cc3Br)c2n1. The molecule has 0 fully saturated rings. The Labute approximate surface area is 133 Å². The van der Waals surface area contributed by atoms with Gasteiger partial charge in [-0.2, -0.15) is 0 Å². The van der Waals surface area contributed by atoms with E-state index in [9.17, 15) is 0 Å². The summed E-state index contributed by atoms with van der Waals surface area (Å²) < 4.78 is 3.22. The fraction of sp³-hybridized carbons (Fsp3) is 0.294. The van der Waals surface area contributed by atoms with E-state index in [0.29, 0.717) is 5.92 Å². The van der Waals surface area contributed by atoms with Crippen molar-refractivity contribution >= 4 is 27.0 Å². The van der Waals surface area contributed by atoms with E-state index < -0.39 is 0 Å². The highest BCUT2D eigenvalue weighted by Crippen LogP contribution is 2.29. The molecule has 21 heavy (non-hydrogen) atoms. The van der Waals surface area contributed by atoms with Crippen molar-refractivity contribution < 1.29 is 0 Å². The van der Waals surface area contributed by atoms with Gasteiger partial charge in [0.05, 0.1) is 5.69 Å². The van der Waals surface area contributed by atoms with Crippen LogP contribution in [0.25, 0.3) is 16.7 Å². The van der Waals surface area contributed by atoms with Gasteiger partial charge in [-0.3, -0.25) is 4.57 Å². The maximum Gasteiger partial charge on any atom is 0.148 e. The van der Waals surface area contributed by atoms with Gasteiger partial charge in [-0.15, -0.1) is 0 Å². The lowest BCUT2D eigenvalue weighted by Crippen LogP contribution is -1.98. The van der Waals surface area contributed by atoms with Crippen LogP contribution in [-0.4, -0.2) is 14.5 Å². The zero-order chi connectivity index (χ0) is 15.1. The summed E-state index contributed by atoms with van der Waals surface area (Å²) in [5, 5.41) is 1.10. The molecule has 0 radical (unpaired) electrons. The fourth-order valence-electron chi connectivity index (χ4n) is 2.51. The summed E-state index contributed by atoms with van der Waals surface area (Å²) in [5.74, 6) is 1.31. The zero-order valence-corrected chi connectivity index (χ0v) is 14.3. The molecule has 1 aromatic carbocycles. The summed E-state index contributed by atoms with van der Waals surface area (Å²) in [6.45, 7) is 8.41. The fourth-order valence-corrected chi connectivity index (χ4v) is 3.09. The second-order valence-corrected chi connectivity index (χ2v) is 6.56.